The van der Waals surface area contributed by atoms with Gasteiger partial charge in [-0.15, -0.1) is 0 Å². The lowest BCUT2D eigenvalue weighted by molar-refractivity contribution is -0.142. The molecule has 3 aromatic rings. The quantitative estimate of drug-likeness (QED) is 0.696. The molecule has 3 aromatic heterocycles. The van der Waals surface area contributed by atoms with Crippen molar-refractivity contribution in [2.24, 2.45) is 0 Å². The molecular formula is C18H18F3N5O. The van der Waals surface area contributed by atoms with E-state index in [0.717, 1.165) is 17.8 Å². The van der Waals surface area contributed by atoms with Crippen molar-refractivity contribution in [1.29, 1.82) is 0 Å². The Bertz CT molecular complexity index is 968. The molecule has 142 valence electrons. The van der Waals surface area contributed by atoms with Crippen molar-refractivity contribution in [2.45, 2.75) is 32.5 Å². The van der Waals surface area contributed by atoms with Crippen molar-refractivity contribution < 1.29 is 18.0 Å². The number of amides is 1. The molecule has 0 radical (unpaired) electrons. The van der Waals surface area contributed by atoms with E-state index < -0.39 is 17.8 Å². The highest BCUT2D eigenvalue weighted by Gasteiger charge is 2.36. The second-order valence-electron chi connectivity index (χ2n) is 6.20. The third kappa shape index (κ3) is 3.49. The van der Waals surface area contributed by atoms with Crippen LogP contribution in [0.3, 0.4) is 0 Å². The van der Waals surface area contributed by atoms with Gasteiger partial charge >= 0.3 is 6.18 Å². The number of hydrogen-bond acceptors (Lipinski definition) is 4. The Labute approximate surface area is 153 Å². The molecule has 0 aliphatic carbocycles. The molecule has 9 heteroatoms. The van der Waals surface area contributed by atoms with Gasteiger partial charge in [0.05, 0.1) is 12.2 Å². The van der Waals surface area contributed by atoms with Gasteiger partial charge in [0.15, 0.2) is 5.65 Å². The highest BCUT2D eigenvalue weighted by molar-refractivity contribution is 5.99. The fourth-order valence-corrected chi connectivity index (χ4v) is 3.07. The molecule has 0 fully saturated rings. The summed E-state index contributed by atoms with van der Waals surface area (Å²) in [5, 5.41) is 3.76. The van der Waals surface area contributed by atoms with Crippen LogP contribution >= 0.6 is 0 Å². The number of hydrogen-bond donors (Lipinski definition) is 0. The maximum absolute atomic E-state index is 13.3. The number of carbonyl (C=O) groups excluding carboxylic acids is 1. The second kappa shape index (κ2) is 6.98. The average molecular weight is 377 g/mol. The standard InChI is InChI=1S/C18H18F3N5O/c1-4-14(12-6-5-7-22-9-12)25(3)17(27)13-10-23-26-15(18(19,20)21)8-11(2)24-16(13)26/h5-10,14H,4H2,1-3H3/t14-/m0/s1. The first-order chi connectivity index (χ1) is 12.7. The summed E-state index contributed by atoms with van der Waals surface area (Å²) >= 11 is 0. The van der Waals surface area contributed by atoms with Crippen molar-refractivity contribution in [1.82, 2.24) is 24.5 Å². The molecule has 0 saturated heterocycles. The van der Waals surface area contributed by atoms with Crippen LogP contribution in [0.4, 0.5) is 13.2 Å². The SMILES string of the molecule is CC[C@@H](c1cccnc1)N(C)C(=O)c1cnn2c(C(F)(F)F)cc(C)nc12. The molecule has 0 aliphatic rings. The molecule has 6 nitrogen and oxygen atoms in total. The average Bonchev–Trinajstić information content (AvgIpc) is 3.04. The zero-order valence-electron chi connectivity index (χ0n) is 15.0. The van der Waals surface area contributed by atoms with Crippen molar-refractivity contribution in [3.8, 4) is 0 Å². The Kier molecular flexibility index (Phi) is 4.86. The molecular weight excluding hydrogens is 359 g/mol. The largest absolute Gasteiger partial charge is 0.433 e. The van der Waals surface area contributed by atoms with Gasteiger partial charge in [0.1, 0.15) is 11.3 Å². The summed E-state index contributed by atoms with van der Waals surface area (Å²) in [7, 11) is 1.60. The first-order valence-electron chi connectivity index (χ1n) is 8.33. The highest BCUT2D eigenvalue weighted by atomic mass is 19.4. The zero-order chi connectivity index (χ0) is 19.8. The Hall–Kier alpha value is -2.97. The number of nitrogens with zero attached hydrogens (tertiary/aromatic N) is 5. The normalized spacial score (nSPS) is 13.0. The van der Waals surface area contributed by atoms with E-state index in [9.17, 15) is 18.0 Å². The van der Waals surface area contributed by atoms with Crippen LogP contribution in [0.25, 0.3) is 5.65 Å². The Balaban J connectivity index is 2.04. The van der Waals surface area contributed by atoms with Crippen LogP contribution in [0, 0.1) is 6.92 Å². The molecule has 27 heavy (non-hydrogen) atoms. The Morgan fingerprint density at radius 3 is 2.67 bits per heavy atom. The maximum atomic E-state index is 13.3. The van der Waals surface area contributed by atoms with E-state index in [2.05, 4.69) is 15.1 Å². The molecule has 3 heterocycles. The van der Waals surface area contributed by atoms with Gasteiger partial charge in [-0.2, -0.15) is 18.3 Å². The summed E-state index contributed by atoms with van der Waals surface area (Å²) in [6.07, 6.45) is 0.442. The van der Waals surface area contributed by atoms with Crippen LogP contribution in [0.5, 0.6) is 0 Å². The van der Waals surface area contributed by atoms with Gasteiger partial charge in [-0.25, -0.2) is 9.50 Å². The monoisotopic (exact) mass is 377 g/mol. The van der Waals surface area contributed by atoms with Gasteiger partial charge in [-0.3, -0.25) is 9.78 Å². The number of alkyl halides is 3. The number of pyridine rings is 1. The number of carbonyl (C=O) groups is 1. The maximum Gasteiger partial charge on any atom is 0.433 e. The number of fused-ring (bicyclic) bond motifs is 1. The first kappa shape index (κ1) is 18.8. The fourth-order valence-electron chi connectivity index (χ4n) is 3.07. The van der Waals surface area contributed by atoms with E-state index in [1.807, 2.05) is 13.0 Å². The van der Waals surface area contributed by atoms with Gasteiger partial charge in [0.2, 0.25) is 0 Å². The molecule has 0 aliphatic heterocycles. The predicted octanol–water partition coefficient (Wildman–Crippen LogP) is 3.67. The molecule has 0 unspecified atom stereocenters. The third-order valence-electron chi connectivity index (χ3n) is 4.36. The number of aryl methyl sites for hydroxylation is 1. The number of aromatic nitrogens is 4. The Morgan fingerprint density at radius 1 is 1.33 bits per heavy atom. The van der Waals surface area contributed by atoms with E-state index in [1.54, 1.807) is 25.5 Å². The van der Waals surface area contributed by atoms with Crippen LogP contribution in [-0.4, -0.2) is 37.4 Å². The lowest BCUT2D eigenvalue weighted by atomic mass is 10.0. The molecule has 0 bridgehead atoms. The number of halogens is 3. The van der Waals surface area contributed by atoms with Crippen LogP contribution < -0.4 is 0 Å². The van der Waals surface area contributed by atoms with Crippen LogP contribution in [-0.2, 0) is 6.18 Å². The summed E-state index contributed by atoms with van der Waals surface area (Å²) in [4.78, 5) is 22.7. The minimum Gasteiger partial charge on any atom is -0.334 e. The summed E-state index contributed by atoms with van der Waals surface area (Å²) in [6.45, 7) is 3.37. The summed E-state index contributed by atoms with van der Waals surface area (Å²) < 4.78 is 40.5. The minimum absolute atomic E-state index is 0.0223. The first-order valence-corrected chi connectivity index (χ1v) is 8.33. The molecule has 1 atom stereocenters. The van der Waals surface area contributed by atoms with Gasteiger partial charge < -0.3 is 4.90 Å². The number of rotatable bonds is 4. The lowest BCUT2D eigenvalue weighted by Crippen LogP contribution is -2.31. The molecule has 3 rings (SSSR count). The van der Waals surface area contributed by atoms with Gasteiger partial charge in [-0.05, 0) is 31.0 Å². The zero-order valence-corrected chi connectivity index (χ0v) is 15.0. The van der Waals surface area contributed by atoms with Crippen molar-refractivity contribution >= 4 is 11.6 Å². The van der Waals surface area contributed by atoms with Crippen molar-refractivity contribution in [3.63, 3.8) is 0 Å². The summed E-state index contributed by atoms with van der Waals surface area (Å²) in [5.74, 6) is -0.452. The minimum atomic E-state index is -4.61. The van der Waals surface area contributed by atoms with E-state index in [1.165, 1.54) is 11.8 Å². The second-order valence-corrected chi connectivity index (χ2v) is 6.20. The smallest absolute Gasteiger partial charge is 0.334 e. The van der Waals surface area contributed by atoms with Crippen molar-refractivity contribution in [2.75, 3.05) is 7.05 Å². The van der Waals surface area contributed by atoms with E-state index >= 15 is 0 Å². The van der Waals surface area contributed by atoms with E-state index in [-0.39, 0.29) is 22.9 Å². The van der Waals surface area contributed by atoms with Gasteiger partial charge in [0, 0.05) is 25.1 Å². The van der Waals surface area contributed by atoms with Crippen LogP contribution in [0.2, 0.25) is 0 Å². The van der Waals surface area contributed by atoms with Gasteiger partial charge in [-0.1, -0.05) is 13.0 Å². The molecule has 0 spiro atoms. The summed E-state index contributed by atoms with van der Waals surface area (Å²) in [6, 6.07) is 4.26. The fraction of sp³-hybridized carbons (Fsp3) is 0.333. The van der Waals surface area contributed by atoms with E-state index in [4.69, 9.17) is 0 Å². The highest BCUT2D eigenvalue weighted by Crippen LogP contribution is 2.31. The molecule has 0 saturated carbocycles. The topological polar surface area (TPSA) is 63.4 Å². The predicted molar refractivity (Wildman–Crippen MR) is 92.1 cm³/mol. The Morgan fingerprint density at radius 2 is 2.07 bits per heavy atom. The van der Waals surface area contributed by atoms with Crippen LogP contribution in [0.1, 0.15) is 46.7 Å². The summed E-state index contributed by atoms with van der Waals surface area (Å²) in [5.41, 5.74) is -0.0565. The van der Waals surface area contributed by atoms with Crippen LogP contribution in [0.15, 0.2) is 36.8 Å². The van der Waals surface area contributed by atoms with E-state index in [0.29, 0.717) is 10.9 Å². The van der Waals surface area contributed by atoms with Gasteiger partial charge in [0.25, 0.3) is 5.91 Å². The van der Waals surface area contributed by atoms with Crippen molar-refractivity contribution in [3.05, 3.63) is 59.3 Å². The third-order valence-corrected chi connectivity index (χ3v) is 4.36. The lowest BCUT2D eigenvalue weighted by Gasteiger charge is -2.27. The molecule has 0 N–H and O–H groups in total. The molecule has 1 amide bonds. The molecule has 0 aromatic carbocycles.